The van der Waals surface area contributed by atoms with Crippen LogP contribution in [0, 0.1) is 0 Å². The fourth-order valence-corrected chi connectivity index (χ4v) is 2.46. The molecule has 0 spiro atoms. The van der Waals surface area contributed by atoms with Crippen molar-refractivity contribution in [3.63, 3.8) is 0 Å². The van der Waals surface area contributed by atoms with Gasteiger partial charge in [-0.25, -0.2) is 0 Å². The Morgan fingerprint density at radius 1 is 1.29 bits per heavy atom. The molecule has 0 aliphatic rings. The van der Waals surface area contributed by atoms with Crippen LogP contribution in [0.2, 0.25) is 5.02 Å². The van der Waals surface area contributed by atoms with Gasteiger partial charge in [-0.2, -0.15) is 0 Å². The van der Waals surface area contributed by atoms with E-state index in [1.807, 2.05) is 18.2 Å². The summed E-state index contributed by atoms with van der Waals surface area (Å²) in [7, 11) is 1.61. The number of amides is 1. The summed E-state index contributed by atoms with van der Waals surface area (Å²) in [5, 5.41) is 3.32. The molecule has 0 unspecified atom stereocenters. The van der Waals surface area contributed by atoms with E-state index in [1.54, 1.807) is 37.5 Å². The second-order valence-corrected chi connectivity index (χ2v) is 5.52. The number of nitrogens with one attached hydrogen (secondary N) is 1. The number of anilines is 1. The van der Waals surface area contributed by atoms with Crippen molar-refractivity contribution in [2.45, 2.75) is 0 Å². The number of hydrogen-bond acceptors (Lipinski definition) is 2. The molecule has 0 radical (unpaired) electrons. The van der Waals surface area contributed by atoms with Crippen LogP contribution >= 0.6 is 27.5 Å². The molecule has 0 heterocycles. The Labute approximate surface area is 136 Å². The maximum Gasteiger partial charge on any atom is 0.248 e. The maximum atomic E-state index is 11.8. The van der Waals surface area contributed by atoms with Gasteiger partial charge in [0.15, 0.2) is 0 Å². The number of rotatable bonds is 4. The minimum absolute atomic E-state index is 0.218. The Bertz CT molecular complexity index is 686. The van der Waals surface area contributed by atoms with Gasteiger partial charge in [0, 0.05) is 16.8 Å². The van der Waals surface area contributed by atoms with Crippen molar-refractivity contribution in [1.82, 2.24) is 0 Å². The molecule has 2 rings (SSSR count). The molecule has 1 N–H and O–H groups in total. The number of carbonyl (C=O) groups excluding carboxylic acids is 1. The maximum absolute atomic E-state index is 11.8. The zero-order chi connectivity index (χ0) is 15.2. The molecule has 0 aliphatic carbocycles. The summed E-state index contributed by atoms with van der Waals surface area (Å²) in [6.07, 6.45) is 3.19. The summed E-state index contributed by atoms with van der Waals surface area (Å²) in [4.78, 5) is 11.8. The molecule has 21 heavy (non-hydrogen) atoms. The Balaban J connectivity index is 2.03. The molecule has 108 valence electrons. The van der Waals surface area contributed by atoms with Crippen LogP contribution < -0.4 is 10.1 Å². The van der Waals surface area contributed by atoms with E-state index in [0.29, 0.717) is 10.7 Å². The van der Waals surface area contributed by atoms with Crippen LogP contribution in [-0.2, 0) is 4.79 Å². The molecule has 0 saturated heterocycles. The minimum Gasteiger partial charge on any atom is -0.496 e. The van der Waals surface area contributed by atoms with Crippen molar-refractivity contribution in [3.8, 4) is 5.75 Å². The first kappa shape index (κ1) is 15.6. The van der Waals surface area contributed by atoms with Gasteiger partial charge in [-0.1, -0.05) is 23.7 Å². The zero-order valence-electron chi connectivity index (χ0n) is 11.3. The first-order valence-electron chi connectivity index (χ1n) is 6.16. The normalized spacial score (nSPS) is 10.6. The number of hydrogen-bond donors (Lipinski definition) is 1. The third kappa shape index (κ3) is 4.62. The molecular formula is C16H13BrClNO2. The summed E-state index contributed by atoms with van der Waals surface area (Å²) in [5.74, 6) is 0.528. The van der Waals surface area contributed by atoms with Gasteiger partial charge in [-0.15, -0.1) is 0 Å². The molecule has 0 aromatic heterocycles. The van der Waals surface area contributed by atoms with Gasteiger partial charge in [-0.05, 0) is 57.9 Å². The Morgan fingerprint density at radius 3 is 2.76 bits per heavy atom. The van der Waals surface area contributed by atoms with E-state index >= 15 is 0 Å². The summed E-state index contributed by atoms with van der Waals surface area (Å²) in [6, 6.07) is 12.6. The van der Waals surface area contributed by atoms with Crippen LogP contribution in [0.25, 0.3) is 6.08 Å². The highest BCUT2D eigenvalue weighted by molar-refractivity contribution is 9.10. The lowest BCUT2D eigenvalue weighted by atomic mass is 10.2. The molecule has 2 aromatic rings. The minimum atomic E-state index is -0.218. The monoisotopic (exact) mass is 365 g/mol. The largest absolute Gasteiger partial charge is 0.496 e. The summed E-state index contributed by atoms with van der Waals surface area (Å²) < 4.78 is 5.99. The molecule has 2 aromatic carbocycles. The molecule has 0 bridgehead atoms. The molecule has 1 amide bonds. The molecular weight excluding hydrogens is 354 g/mol. The Morgan fingerprint density at radius 2 is 2.10 bits per heavy atom. The SMILES string of the molecule is COc1ccc(/C=C/C(=O)Nc2cccc(Cl)c2)cc1Br. The van der Waals surface area contributed by atoms with Crippen molar-refractivity contribution in [1.29, 1.82) is 0 Å². The van der Waals surface area contributed by atoms with Crippen LogP contribution in [0.4, 0.5) is 5.69 Å². The van der Waals surface area contributed by atoms with Crippen LogP contribution in [0.15, 0.2) is 53.0 Å². The predicted octanol–water partition coefficient (Wildman–Crippen LogP) is 4.76. The molecule has 0 atom stereocenters. The number of benzene rings is 2. The van der Waals surface area contributed by atoms with E-state index in [-0.39, 0.29) is 5.91 Å². The second kappa shape index (κ2) is 7.29. The van der Waals surface area contributed by atoms with Crippen molar-refractivity contribution in [3.05, 3.63) is 63.6 Å². The number of ether oxygens (including phenoxy) is 1. The zero-order valence-corrected chi connectivity index (χ0v) is 13.6. The van der Waals surface area contributed by atoms with Crippen LogP contribution in [0.1, 0.15) is 5.56 Å². The van der Waals surface area contributed by atoms with Crippen LogP contribution in [0.3, 0.4) is 0 Å². The average Bonchev–Trinajstić information content (AvgIpc) is 2.45. The molecule has 5 heteroatoms. The fraction of sp³-hybridized carbons (Fsp3) is 0.0625. The first-order chi connectivity index (χ1) is 10.1. The first-order valence-corrected chi connectivity index (χ1v) is 7.34. The highest BCUT2D eigenvalue weighted by atomic mass is 79.9. The lowest BCUT2D eigenvalue weighted by Gasteiger charge is -2.04. The quantitative estimate of drug-likeness (QED) is 0.792. The van der Waals surface area contributed by atoms with E-state index < -0.39 is 0 Å². The third-order valence-electron chi connectivity index (χ3n) is 2.70. The standard InChI is InChI=1S/C16H13BrClNO2/c1-21-15-7-5-11(9-14(15)17)6-8-16(20)19-13-4-2-3-12(18)10-13/h2-10H,1H3,(H,19,20)/b8-6+. The van der Waals surface area contributed by atoms with E-state index in [0.717, 1.165) is 15.8 Å². The van der Waals surface area contributed by atoms with Crippen LogP contribution in [-0.4, -0.2) is 13.0 Å². The van der Waals surface area contributed by atoms with Gasteiger partial charge in [0.2, 0.25) is 5.91 Å². The van der Waals surface area contributed by atoms with E-state index in [9.17, 15) is 4.79 Å². The number of methoxy groups -OCH3 is 1. The lowest BCUT2D eigenvalue weighted by molar-refractivity contribution is -0.111. The van der Waals surface area contributed by atoms with Crippen LogP contribution in [0.5, 0.6) is 5.75 Å². The van der Waals surface area contributed by atoms with E-state index in [4.69, 9.17) is 16.3 Å². The van der Waals surface area contributed by atoms with Gasteiger partial charge in [0.1, 0.15) is 5.75 Å². The lowest BCUT2D eigenvalue weighted by Crippen LogP contribution is -2.07. The number of carbonyl (C=O) groups is 1. The molecule has 0 saturated carbocycles. The van der Waals surface area contributed by atoms with Crippen molar-refractivity contribution in [2.24, 2.45) is 0 Å². The third-order valence-corrected chi connectivity index (χ3v) is 3.55. The molecule has 0 fully saturated rings. The highest BCUT2D eigenvalue weighted by Gasteiger charge is 2.01. The van der Waals surface area contributed by atoms with Gasteiger partial charge in [0.25, 0.3) is 0 Å². The van der Waals surface area contributed by atoms with E-state index in [1.165, 1.54) is 6.08 Å². The Hall–Kier alpha value is -1.78. The second-order valence-electron chi connectivity index (χ2n) is 4.23. The molecule has 3 nitrogen and oxygen atoms in total. The Kier molecular flexibility index (Phi) is 5.42. The van der Waals surface area contributed by atoms with Gasteiger partial charge in [-0.3, -0.25) is 4.79 Å². The van der Waals surface area contributed by atoms with Gasteiger partial charge >= 0.3 is 0 Å². The van der Waals surface area contributed by atoms with Gasteiger partial charge in [0.05, 0.1) is 11.6 Å². The molecule has 0 aliphatic heterocycles. The summed E-state index contributed by atoms with van der Waals surface area (Å²) in [5.41, 5.74) is 1.55. The fourth-order valence-electron chi connectivity index (χ4n) is 1.71. The van der Waals surface area contributed by atoms with E-state index in [2.05, 4.69) is 21.2 Å². The summed E-state index contributed by atoms with van der Waals surface area (Å²) >= 11 is 9.26. The number of halogens is 2. The van der Waals surface area contributed by atoms with Crippen molar-refractivity contribution in [2.75, 3.05) is 12.4 Å². The van der Waals surface area contributed by atoms with Crippen molar-refractivity contribution < 1.29 is 9.53 Å². The smallest absolute Gasteiger partial charge is 0.248 e. The average molecular weight is 367 g/mol. The van der Waals surface area contributed by atoms with Crippen molar-refractivity contribution >= 4 is 45.2 Å². The highest BCUT2D eigenvalue weighted by Crippen LogP contribution is 2.26. The predicted molar refractivity (Wildman–Crippen MR) is 89.8 cm³/mol. The van der Waals surface area contributed by atoms with Gasteiger partial charge < -0.3 is 10.1 Å². The topological polar surface area (TPSA) is 38.3 Å². The summed E-state index contributed by atoms with van der Waals surface area (Å²) in [6.45, 7) is 0.